The third kappa shape index (κ3) is 2.33. The lowest BCUT2D eigenvalue weighted by atomic mass is 10.1. The van der Waals surface area contributed by atoms with Crippen molar-refractivity contribution in [3.8, 4) is 0 Å². The zero-order valence-corrected chi connectivity index (χ0v) is 9.93. The van der Waals surface area contributed by atoms with Crippen LogP contribution in [0.25, 0.3) is 0 Å². The molecule has 0 bridgehead atoms. The molecule has 1 saturated heterocycles. The molecule has 0 spiro atoms. The van der Waals surface area contributed by atoms with Gasteiger partial charge in [-0.1, -0.05) is 6.92 Å². The van der Waals surface area contributed by atoms with E-state index in [1.807, 2.05) is 6.07 Å². The topological polar surface area (TPSA) is 72.4 Å². The lowest BCUT2D eigenvalue weighted by molar-refractivity contribution is -0.384. The summed E-state index contributed by atoms with van der Waals surface area (Å²) in [5, 5.41) is 10.8. The van der Waals surface area contributed by atoms with Crippen molar-refractivity contribution in [1.29, 1.82) is 0 Å². The van der Waals surface area contributed by atoms with Gasteiger partial charge in [0.25, 0.3) is 5.69 Å². The third-order valence-corrected chi connectivity index (χ3v) is 3.32. The van der Waals surface area contributed by atoms with Crippen LogP contribution in [0.5, 0.6) is 0 Å². The highest BCUT2D eigenvalue weighted by Gasteiger charge is 2.24. The second-order valence-electron chi connectivity index (χ2n) is 4.44. The molecule has 1 fully saturated rings. The summed E-state index contributed by atoms with van der Waals surface area (Å²) in [5.74, 6) is 0. The molecule has 1 atom stereocenters. The van der Waals surface area contributed by atoms with Gasteiger partial charge >= 0.3 is 0 Å². The van der Waals surface area contributed by atoms with E-state index < -0.39 is 4.92 Å². The average Bonchev–Trinajstić information content (AvgIpc) is 2.76. The molecule has 2 rings (SSSR count). The first-order valence-electron chi connectivity index (χ1n) is 5.93. The van der Waals surface area contributed by atoms with Crippen LogP contribution in [0.15, 0.2) is 18.2 Å². The molecule has 92 valence electrons. The zero-order chi connectivity index (χ0) is 12.4. The van der Waals surface area contributed by atoms with Crippen LogP contribution in [0.2, 0.25) is 0 Å². The number of hydrogen-bond donors (Lipinski definition) is 1. The van der Waals surface area contributed by atoms with Gasteiger partial charge in [-0.15, -0.1) is 0 Å². The molecule has 17 heavy (non-hydrogen) atoms. The number of rotatable bonds is 3. The molecule has 0 aliphatic carbocycles. The number of hydrogen-bond acceptors (Lipinski definition) is 4. The van der Waals surface area contributed by atoms with Gasteiger partial charge in [0.15, 0.2) is 0 Å². The van der Waals surface area contributed by atoms with Crippen LogP contribution in [-0.2, 0) is 0 Å². The van der Waals surface area contributed by atoms with Crippen LogP contribution in [0.4, 0.5) is 17.1 Å². The van der Waals surface area contributed by atoms with Crippen molar-refractivity contribution < 1.29 is 4.92 Å². The second kappa shape index (κ2) is 4.61. The molecular weight excluding hydrogens is 218 g/mol. The van der Waals surface area contributed by atoms with E-state index in [-0.39, 0.29) is 5.69 Å². The molecule has 1 aromatic carbocycles. The molecule has 2 N–H and O–H groups in total. The summed E-state index contributed by atoms with van der Waals surface area (Å²) in [4.78, 5) is 12.6. The van der Waals surface area contributed by atoms with Gasteiger partial charge in [0.05, 0.1) is 4.92 Å². The maximum atomic E-state index is 10.8. The number of benzene rings is 1. The molecule has 1 heterocycles. The lowest BCUT2D eigenvalue weighted by Gasteiger charge is -2.25. The number of non-ortho nitro benzene ring substituents is 1. The van der Waals surface area contributed by atoms with Gasteiger partial charge in [-0.25, -0.2) is 0 Å². The molecule has 0 saturated carbocycles. The highest BCUT2D eigenvalue weighted by Crippen LogP contribution is 2.31. The summed E-state index contributed by atoms with van der Waals surface area (Å²) in [6.07, 6.45) is 3.35. The summed E-state index contributed by atoms with van der Waals surface area (Å²) in [7, 11) is 0. The number of nitrogen functional groups attached to an aromatic ring is 1. The molecule has 1 aromatic rings. The van der Waals surface area contributed by atoms with Crippen molar-refractivity contribution in [2.24, 2.45) is 0 Å². The lowest BCUT2D eigenvalue weighted by Crippen LogP contribution is -2.28. The molecule has 1 unspecified atom stereocenters. The summed E-state index contributed by atoms with van der Waals surface area (Å²) >= 11 is 0. The van der Waals surface area contributed by atoms with Gasteiger partial charge in [0.1, 0.15) is 0 Å². The summed E-state index contributed by atoms with van der Waals surface area (Å²) in [5.41, 5.74) is 7.12. The Balaban J connectivity index is 2.34. The van der Waals surface area contributed by atoms with E-state index >= 15 is 0 Å². The third-order valence-electron chi connectivity index (χ3n) is 3.32. The SMILES string of the molecule is CCC1CCCN1c1cc(N)cc([N+](=O)[O-])c1. The summed E-state index contributed by atoms with van der Waals surface area (Å²) < 4.78 is 0. The standard InChI is InChI=1S/C12H17N3O2/c1-2-10-4-3-5-14(10)11-6-9(13)7-12(8-11)15(16)17/h6-8,10H,2-5,13H2,1H3. The Kier molecular flexibility index (Phi) is 3.17. The highest BCUT2D eigenvalue weighted by atomic mass is 16.6. The predicted molar refractivity (Wildman–Crippen MR) is 68.2 cm³/mol. The van der Waals surface area contributed by atoms with E-state index in [0.29, 0.717) is 11.7 Å². The molecule has 1 aliphatic rings. The minimum atomic E-state index is -0.392. The van der Waals surface area contributed by atoms with Crippen LogP contribution in [-0.4, -0.2) is 17.5 Å². The first-order chi connectivity index (χ1) is 8.11. The van der Waals surface area contributed by atoms with Crippen molar-refractivity contribution in [1.82, 2.24) is 0 Å². The monoisotopic (exact) mass is 235 g/mol. The van der Waals surface area contributed by atoms with Crippen molar-refractivity contribution in [2.45, 2.75) is 32.2 Å². The van der Waals surface area contributed by atoms with Crippen LogP contribution in [0.1, 0.15) is 26.2 Å². The van der Waals surface area contributed by atoms with Gasteiger partial charge in [0.2, 0.25) is 0 Å². The Morgan fingerprint density at radius 3 is 2.94 bits per heavy atom. The van der Waals surface area contributed by atoms with Gasteiger partial charge in [-0.05, 0) is 25.3 Å². The van der Waals surface area contributed by atoms with E-state index in [1.54, 1.807) is 6.07 Å². The number of nitro groups is 1. The van der Waals surface area contributed by atoms with Crippen molar-refractivity contribution in [2.75, 3.05) is 17.2 Å². The van der Waals surface area contributed by atoms with Crippen LogP contribution in [0, 0.1) is 10.1 Å². The maximum Gasteiger partial charge on any atom is 0.273 e. The predicted octanol–water partition coefficient (Wildman–Crippen LogP) is 2.56. The number of nitrogens with zero attached hydrogens (tertiary/aromatic N) is 2. The number of nitro benzene ring substituents is 1. The summed E-state index contributed by atoms with van der Waals surface area (Å²) in [6.45, 7) is 3.10. The average molecular weight is 235 g/mol. The van der Waals surface area contributed by atoms with E-state index in [4.69, 9.17) is 5.73 Å². The minimum Gasteiger partial charge on any atom is -0.398 e. The Labute approximate surface area is 100 Å². The van der Waals surface area contributed by atoms with Crippen LogP contribution in [0.3, 0.4) is 0 Å². The smallest absolute Gasteiger partial charge is 0.273 e. The Morgan fingerprint density at radius 1 is 1.53 bits per heavy atom. The Hall–Kier alpha value is -1.78. The van der Waals surface area contributed by atoms with Crippen molar-refractivity contribution >= 4 is 17.1 Å². The molecular formula is C12H17N3O2. The van der Waals surface area contributed by atoms with Crippen molar-refractivity contribution in [3.05, 3.63) is 28.3 Å². The normalized spacial score (nSPS) is 19.6. The maximum absolute atomic E-state index is 10.8. The van der Waals surface area contributed by atoms with Gasteiger partial charge in [-0.3, -0.25) is 10.1 Å². The first-order valence-corrected chi connectivity index (χ1v) is 5.93. The molecule has 0 amide bonds. The van der Waals surface area contributed by atoms with Gasteiger partial charge in [-0.2, -0.15) is 0 Å². The fourth-order valence-corrected chi connectivity index (χ4v) is 2.49. The molecule has 0 aromatic heterocycles. The fourth-order valence-electron chi connectivity index (χ4n) is 2.49. The van der Waals surface area contributed by atoms with Gasteiger partial charge in [0, 0.05) is 36.1 Å². The quantitative estimate of drug-likeness (QED) is 0.496. The van der Waals surface area contributed by atoms with E-state index in [1.165, 1.54) is 6.07 Å². The first kappa shape index (κ1) is 11.7. The van der Waals surface area contributed by atoms with E-state index in [9.17, 15) is 10.1 Å². The molecule has 1 aliphatic heterocycles. The van der Waals surface area contributed by atoms with Gasteiger partial charge < -0.3 is 10.6 Å². The number of anilines is 2. The zero-order valence-electron chi connectivity index (χ0n) is 9.93. The molecule has 5 nitrogen and oxygen atoms in total. The highest BCUT2D eigenvalue weighted by molar-refractivity contribution is 5.63. The van der Waals surface area contributed by atoms with Crippen molar-refractivity contribution in [3.63, 3.8) is 0 Å². The number of nitrogens with two attached hydrogens (primary N) is 1. The fraction of sp³-hybridized carbons (Fsp3) is 0.500. The largest absolute Gasteiger partial charge is 0.398 e. The Morgan fingerprint density at radius 2 is 2.29 bits per heavy atom. The van der Waals surface area contributed by atoms with E-state index in [2.05, 4.69) is 11.8 Å². The summed E-state index contributed by atoms with van der Waals surface area (Å²) in [6, 6.07) is 5.32. The Bertz CT molecular complexity index is 434. The second-order valence-corrected chi connectivity index (χ2v) is 4.44. The molecule has 5 heteroatoms. The molecule has 0 radical (unpaired) electrons. The minimum absolute atomic E-state index is 0.0711. The van der Waals surface area contributed by atoms with Crippen LogP contribution >= 0.6 is 0 Å². The van der Waals surface area contributed by atoms with E-state index in [0.717, 1.165) is 31.5 Å². The van der Waals surface area contributed by atoms with Crippen LogP contribution < -0.4 is 10.6 Å².